The molecule has 0 saturated heterocycles. The second kappa shape index (κ2) is 6.43. The van der Waals surface area contributed by atoms with Gasteiger partial charge in [0.2, 0.25) is 5.91 Å². The van der Waals surface area contributed by atoms with Crippen molar-refractivity contribution in [1.29, 1.82) is 0 Å². The van der Waals surface area contributed by atoms with Gasteiger partial charge in [0.25, 0.3) is 0 Å². The number of aromatic nitrogens is 1. The lowest BCUT2D eigenvalue weighted by atomic mass is 10.1. The highest BCUT2D eigenvalue weighted by Gasteiger charge is 2.17. The fourth-order valence-electron chi connectivity index (χ4n) is 2.15. The summed E-state index contributed by atoms with van der Waals surface area (Å²) in [5, 5.41) is 5.19. The molecule has 2 rings (SSSR count). The first kappa shape index (κ1) is 15.1. The van der Waals surface area contributed by atoms with Crippen LogP contribution in [0.15, 0.2) is 30.5 Å². The number of fused-ring (bicyclic) bond motifs is 1. The number of nitrogens with one attached hydrogen (secondary N) is 1. The maximum absolute atomic E-state index is 12.1. The van der Waals surface area contributed by atoms with Gasteiger partial charge in [0, 0.05) is 25.2 Å². The smallest absolute Gasteiger partial charge is 0.244 e. The lowest BCUT2D eigenvalue weighted by Crippen LogP contribution is -2.39. The lowest BCUT2D eigenvalue weighted by Gasteiger charge is -2.21. The Morgan fingerprint density at radius 2 is 2.19 bits per heavy atom. The third-order valence-corrected chi connectivity index (χ3v) is 3.55. The second-order valence-electron chi connectivity index (χ2n) is 4.97. The average molecular weight is 287 g/mol. The van der Waals surface area contributed by atoms with Crippen LogP contribution in [0, 0.1) is 0 Å². The van der Waals surface area contributed by atoms with Crippen LogP contribution in [0.25, 0.3) is 10.8 Å². The first-order valence-electron chi connectivity index (χ1n) is 7.01. The number of methoxy groups -OCH3 is 1. The number of carbonyl (C=O) groups is 1. The summed E-state index contributed by atoms with van der Waals surface area (Å²) in [4.78, 5) is 18.2. The van der Waals surface area contributed by atoms with Crippen LogP contribution in [-0.2, 0) is 4.79 Å². The Kier molecular flexibility index (Phi) is 4.62. The first-order valence-corrected chi connectivity index (χ1v) is 7.01. The van der Waals surface area contributed by atoms with E-state index in [1.165, 1.54) is 0 Å². The fourth-order valence-corrected chi connectivity index (χ4v) is 2.15. The molecule has 0 bridgehead atoms. The molecule has 1 N–H and O–H groups in total. The predicted octanol–water partition coefficient (Wildman–Crippen LogP) is 2.52. The summed E-state index contributed by atoms with van der Waals surface area (Å²) >= 11 is 0. The number of hydrogen-bond acceptors (Lipinski definition) is 4. The van der Waals surface area contributed by atoms with E-state index in [0.29, 0.717) is 12.4 Å². The Labute approximate surface area is 124 Å². The number of carbonyl (C=O) groups excluding carboxylic acids is 1. The van der Waals surface area contributed by atoms with Crippen molar-refractivity contribution in [3.8, 4) is 5.75 Å². The van der Waals surface area contributed by atoms with E-state index in [0.717, 1.165) is 16.5 Å². The summed E-state index contributed by atoms with van der Waals surface area (Å²) in [5.74, 6) is 1.56. The first-order chi connectivity index (χ1) is 10.1. The molecule has 0 radical (unpaired) electrons. The maximum atomic E-state index is 12.1. The van der Waals surface area contributed by atoms with Crippen LogP contribution in [0.2, 0.25) is 0 Å². The minimum Gasteiger partial charge on any atom is -0.497 e. The van der Waals surface area contributed by atoms with Crippen molar-refractivity contribution in [2.45, 2.75) is 19.9 Å². The summed E-state index contributed by atoms with van der Waals surface area (Å²) < 4.78 is 5.23. The molecule has 2 aromatic rings. The van der Waals surface area contributed by atoms with Gasteiger partial charge < -0.3 is 15.0 Å². The van der Waals surface area contributed by atoms with Crippen molar-refractivity contribution < 1.29 is 9.53 Å². The molecular weight excluding hydrogens is 266 g/mol. The summed E-state index contributed by atoms with van der Waals surface area (Å²) in [6.45, 7) is 4.48. The molecule has 5 nitrogen and oxygen atoms in total. The van der Waals surface area contributed by atoms with Gasteiger partial charge in [-0.25, -0.2) is 4.98 Å². The zero-order chi connectivity index (χ0) is 15.4. The zero-order valence-corrected chi connectivity index (χ0v) is 12.9. The van der Waals surface area contributed by atoms with Crippen molar-refractivity contribution in [2.24, 2.45) is 0 Å². The zero-order valence-electron chi connectivity index (χ0n) is 12.9. The monoisotopic (exact) mass is 287 g/mol. The molecule has 1 atom stereocenters. The number of pyridine rings is 1. The van der Waals surface area contributed by atoms with Gasteiger partial charge in [-0.3, -0.25) is 4.79 Å². The van der Waals surface area contributed by atoms with Crippen LogP contribution < -0.4 is 10.1 Å². The van der Waals surface area contributed by atoms with Crippen LogP contribution in [0.3, 0.4) is 0 Å². The summed E-state index contributed by atoms with van der Waals surface area (Å²) in [6.07, 6.45) is 1.73. The number of amides is 1. The fraction of sp³-hybridized carbons (Fsp3) is 0.375. The molecule has 1 heterocycles. The molecular formula is C16H21N3O2. The van der Waals surface area contributed by atoms with Crippen molar-refractivity contribution >= 4 is 22.5 Å². The van der Waals surface area contributed by atoms with Gasteiger partial charge >= 0.3 is 0 Å². The van der Waals surface area contributed by atoms with E-state index in [1.807, 2.05) is 38.1 Å². The quantitative estimate of drug-likeness (QED) is 0.918. The van der Waals surface area contributed by atoms with E-state index in [1.54, 1.807) is 25.3 Å². The summed E-state index contributed by atoms with van der Waals surface area (Å²) in [6, 6.07) is 7.39. The number of likely N-dealkylation sites (N-methyl/N-ethyl adjacent to an activating group) is 1. The largest absolute Gasteiger partial charge is 0.497 e. The normalized spacial score (nSPS) is 12.0. The molecule has 1 unspecified atom stereocenters. The van der Waals surface area contributed by atoms with E-state index in [-0.39, 0.29) is 11.9 Å². The van der Waals surface area contributed by atoms with E-state index >= 15 is 0 Å². The molecule has 0 aliphatic carbocycles. The number of rotatable bonds is 5. The molecule has 0 spiro atoms. The highest BCUT2D eigenvalue weighted by Crippen LogP contribution is 2.25. The van der Waals surface area contributed by atoms with Gasteiger partial charge in [-0.2, -0.15) is 0 Å². The van der Waals surface area contributed by atoms with Gasteiger partial charge in [0.15, 0.2) is 0 Å². The van der Waals surface area contributed by atoms with Crippen molar-refractivity contribution in [3.63, 3.8) is 0 Å². The SMILES string of the molecule is CCN(C)C(=O)C(C)Nc1nccc2cc(OC)ccc12. The van der Waals surface area contributed by atoms with E-state index in [2.05, 4.69) is 10.3 Å². The standard InChI is InChI=1S/C16H21N3O2/c1-5-19(3)16(20)11(2)18-15-14-7-6-13(21-4)10-12(14)8-9-17-15/h6-11H,5H2,1-4H3,(H,17,18). The topological polar surface area (TPSA) is 54.5 Å². The number of benzene rings is 1. The Morgan fingerprint density at radius 1 is 1.43 bits per heavy atom. The highest BCUT2D eigenvalue weighted by molar-refractivity contribution is 5.94. The number of anilines is 1. The van der Waals surface area contributed by atoms with E-state index in [9.17, 15) is 4.79 Å². The van der Waals surface area contributed by atoms with Gasteiger partial charge in [-0.1, -0.05) is 0 Å². The Bertz CT molecular complexity index is 642. The molecule has 112 valence electrons. The average Bonchev–Trinajstić information content (AvgIpc) is 2.52. The van der Waals surface area contributed by atoms with Crippen molar-refractivity contribution in [2.75, 3.05) is 26.0 Å². The van der Waals surface area contributed by atoms with E-state index in [4.69, 9.17) is 4.74 Å². The van der Waals surface area contributed by atoms with Gasteiger partial charge in [-0.15, -0.1) is 0 Å². The lowest BCUT2D eigenvalue weighted by molar-refractivity contribution is -0.130. The van der Waals surface area contributed by atoms with Crippen LogP contribution in [0.5, 0.6) is 5.75 Å². The number of ether oxygens (including phenoxy) is 1. The Morgan fingerprint density at radius 3 is 2.86 bits per heavy atom. The number of nitrogens with zero attached hydrogens (tertiary/aromatic N) is 2. The third kappa shape index (κ3) is 3.24. The molecule has 0 aliphatic heterocycles. The van der Waals surface area contributed by atoms with Crippen LogP contribution >= 0.6 is 0 Å². The molecule has 0 aliphatic rings. The molecule has 21 heavy (non-hydrogen) atoms. The van der Waals surface area contributed by atoms with Crippen LogP contribution in [0.4, 0.5) is 5.82 Å². The van der Waals surface area contributed by atoms with E-state index < -0.39 is 0 Å². The minimum absolute atomic E-state index is 0.0461. The Balaban J connectivity index is 2.28. The Hall–Kier alpha value is -2.30. The van der Waals surface area contributed by atoms with Gasteiger partial charge in [0.05, 0.1) is 7.11 Å². The maximum Gasteiger partial charge on any atom is 0.244 e. The van der Waals surface area contributed by atoms with Crippen LogP contribution in [-0.4, -0.2) is 42.5 Å². The minimum atomic E-state index is -0.324. The molecule has 1 amide bonds. The molecule has 5 heteroatoms. The van der Waals surface area contributed by atoms with Gasteiger partial charge in [0.1, 0.15) is 17.6 Å². The van der Waals surface area contributed by atoms with Gasteiger partial charge in [-0.05, 0) is 43.5 Å². The predicted molar refractivity (Wildman–Crippen MR) is 84.7 cm³/mol. The molecule has 0 fully saturated rings. The number of hydrogen-bond donors (Lipinski definition) is 1. The third-order valence-electron chi connectivity index (χ3n) is 3.55. The molecule has 0 saturated carbocycles. The second-order valence-corrected chi connectivity index (χ2v) is 4.97. The van der Waals surface area contributed by atoms with Crippen LogP contribution in [0.1, 0.15) is 13.8 Å². The highest BCUT2D eigenvalue weighted by atomic mass is 16.5. The van der Waals surface area contributed by atoms with Crippen molar-refractivity contribution in [3.05, 3.63) is 30.5 Å². The molecule has 1 aromatic heterocycles. The molecule has 1 aromatic carbocycles. The summed E-state index contributed by atoms with van der Waals surface area (Å²) in [7, 11) is 3.44. The van der Waals surface area contributed by atoms with Crippen molar-refractivity contribution in [1.82, 2.24) is 9.88 Å². The summed E-state index contributed by atoms with van der Waals surface area (Å²) in [5.41, 5.74) is 0.